The molecule has 0 bridgehead atoms. The van der Waals surface area contributed by atoms with Gasteiger partial charge in [0.05, 0.1) is 24.7 Å². The van der Waals surface area contributed by atoms with Gasteiger partial charge >= 0.3 is 0 Å². The summed E-state index contributed by atoms with van der Waals surface area (Å²) in [6, 6.07) is 17.9. The van der Waals surface area contributed by atoms with Crippen LogP contribution in [0.4, 0.5) is 5.82 Å². The lowest BCUT2D eigenvalue weighted by Crippen LogP contribution is -2.15. The van der Waals surface area contributed by atoms with E-state index in [1.807, 2.05) is 42.5 Å². The average molecular weight is 389 g/mol. The van der Waals surface area contributed by atoms with Gasteiger partial charge in [0.2, 0.25) is 5.91 Å². The number of amides is 1. The summed E-state index contributed by atoms with van der Waals surface area (Å²) in [5, 5.41) is 2.95. The number of hydrogen-bond donors (Lipinski definition) is 1. The molecule has 5 heteroatoms. The normalized spacial score (nSPS) is 10.6. The molecule has 0 atom stereocenters. The highest BCUT2D eigenvalue weighted by atomic mass is 16.5. The Morgan fingerprint density at radius 1 is 1.03 bits per heavy atom. The molecule has 3 aromatic rings. The lowest BCUT2D eigenvalue weighted by Gasteiger charge is -2.11. The maximum absolute atomic E-state index is 12.4. The molecule has 0 spiro atoms. The van der Waals surface area contributed by atoms with Gasteiger partial charge in [0.25, 0.3) is 0 Å². The van der Waals surface area contributed by atoms with Gasteiger partial charge in [-0.1, -0.05) is 43.7 Å². The van der Waals surface area contributed by atoms with Crippen molar-refractivity contribution in [1.82, 2.24) is 9.97 Å². The number of methoxy groups -OCH3 is 1. The number of aryl methyl sites for hydroxylation is 2. The zero-order chi connectivity index (χ0) is 20.5. The van der Waals surface area contributed by atoms with Crippen molar-refractivity contribution in [1.29, 1.82) is 0 Å². The predicted molar refractivity (Wildman–Crippen MR) is 116 cm³/mol. The molecular weight excluding hydrogens is 362 g/mol. The summed E-state index contributed by atoms with van der Waals surface area (Å²) < 4.78 is 5.21. The van der Waals surface area contributed by atoms with Crippen LogP contribution in [-0.4, -0.2) is 23.0 Å². The third kappa shape index (κ3) is 5.88. The van der Waals surface area contributed by atoms with Crippen molar-refractivity contribution in [2.75, 3.05) is 12.4 Å². The smallest absolute Gasteiger partial charge is 0.225 e. The van der Waals surface area contributed by atoms with E-state index in [1.165, 1.54) is 5.56 Å². The molecule has 2 aromatic carbocycles. The Morgan fingerprint density at radius 3 is 2.48 bits per heavy atom. The molecular formula is C24H27N3O2. The SMILES string of the molecule is CCCc1nc(-c2ccc(OC)cc2)cnc1NC(=O)CCCc1ccccc1. The van der Waals surface area contributed by atoms with Crippen molar-refractivity contribution in [3.8, 4) is 17.0 Å². The van der Waals surface area contributed by atoms with Crippen molar-refractivity contribution >= 4 is 11.7 Å². The largest absolute Gasteiger partial charge is 0.497 e. The minimum absolute atomic E-state index is 0.0234. The molecule has 5 nitrogen and oxygen atoms in total. The van der Waals surface area contributed by atoms with Crippen LogP contribution in [0.15, 0.2) is 60.8 Å². The van der Waals surface area contributed by atoms with Crippen LogP contribution in [0.5, 0.6) is 5.75 Å². The number of benzene rings is 2. The first-order valence-corrected chi connectivity index (χ1v) is 10.0. The number of rotatable bonds is 9. The van der Waals surface area contributed by atoms with Crippen molar-refractivity contribution in [3.05, 3.63) is 72.1 Å². The number of carbonyl (C=O) groups excluding carboxylic acids is 1. The summed E-state index contributed by atoms with van der Waals surface area (Å²) in [7, 11) is 1.64. The van der Waals surface area contributed by atoms with Gasteiger partial charge in [-0.3, -0.25) is 4.79 Å². The van der Waals surface area contributed by atoms with Crippen LogP contribution in [0.1, 0.15) is 37.4 Å². The molecule has 0 saturated heterocycles. The number of nitrogens with zero attached hydrogens (tertiary/aromatic N) is 2. The van der Waals surface area contributed by atoms with Crippen LogP contribution in [-0.2, 0) is 17.6 Å². The van der Waals surface area contributed by atoms with E-state index < -0.39 is 0 Å². The Bertz CT molecular complexity index is 925. The zero-order valence-electron chi connectivity index (χ0n) is 17.0. The molecule has 0 aliphatic heterocycles. The second-order valence-corrected chi connectivity index (χ2v) is 6.92. The highest BCUT2D eigenvalue weighted by Crippen LogP contribution is 2.23. The lowest BCUT2D eigenvalue weighted by molar-refractivity contribution is -0.116. The number of aromatic nitrogens is 2. The van der Waals surface area contributed by atoms with Crippen molar-refractivity contribution in [2.24, 2.45) is 0 Å². The summed E-state index contributed by atoms with van der Waals surface area (Å²) in [5.41, 5.74) is 3.82. The molecule has 1 heterocycles. The highest BCUT2D eigenvalue weighted by molar-refractivity contribution is 5.90. The van der Waals surface area contributed by atoms with Crippen molar-refractivity contribution in [3.63, 3.8) is 0 Å². The van der Waals surface area contributed by atoms with Gasteiger partial charge in [0, 0.05) is 12.0 Å². The molecule has 1 amide bonds. The minimum atomic E-state index is -0.0234. The molecule has 0 radical (unpaired) electrons. The quantitative estimate of drug-likeness (QED) is 0.555. The van der Waals surface area contributed by atoms with Crippen LogP contribution in [0.25, 0.3) is 11.3 Å². The molecule has 29 heavy (non-hydrogen) atoms. The third-order valence-corrected chi connectivity index (χ3v) is 4.69. The Kier molecular flexibility index (Phi) is 7.34. The molecule has 0 aliphatic carbocycles. The maximum atomic E-state index is 12.4. The van der Waals surface area contributed by atoms with E-state index >= 15 is 0 Å². The van der Waals surface area contributed by atoms with E-state index in [0.717, 1.165) is 48.4 Å². The molecule has 0 unspecified atom stereocenters. The Hall–Kier alpha value is -3.21. The van der Waals surface area contributed by atoms with E-state index in [-0.39, 0.29) is 5.91 Å². The first-order valence-electron chi connectivity index (χ1n) is 10.0. The van der Waals surface area contributed by atoms with E-state index in [9.17, 15) is 4.79 Å². The second kappa shape index (κ2) is 10.4. The number of ether oxygens (including phenoxy) is 1. The Morgan fingerprint density at radius 2 is 1.79 bits per heavy atom. The molecule has 0 fully saturated rings. The van der Waals surface area contributed by atoms with Crippen LogP contribution < -0.4 is 10.1 Å². The zero-order valence-corrected chi connectivity index (χ0v) is 17.0. The summed E-state index contributed by atoms with van der Waals surface area (Å²) in [6.07, 6.45) is 5.55. The maximum Gasteiger partial charge on any atom is 0.225 e. The monoisotopic (exact) mass is 389 g/mol. The highest BCUT2D eigenvalue weighted by Gasteiger charge is 2.12. The summed E-state index contributed by atoms with van der Waals surface area (Å²) >= 11 is 0. The average Bonchev–Trinajstić information content (AvgIpc) is 2.76. The molecule has 3 rings (SSSR count). The van der Waals surface area contributed by atoms with E-state index in [1.54, 1.807) is 13.3 Å². The van der Waals surface area contributed by atoms with Gasteiger partial charge < -0.3 is 10.1 Å². The van der Waals surface area contributed by atoms with Crippen LogP contribution in [0.3, 0.4) is 0 Å². The van der Waals surface area contributed by atoms with E-state index in [4.69, 9.17) is 9.72 Å². The molecule has 1 aromatic heterocycles. The predicted octanol–water partition coefficient (Wildman–Crippen LogP) is 5.07. The lowest BCUT2D eigenvalue weighted by atomic mass is 10.1. The van der Waals surface area contributed by atoms with Crippen LogP contribution in [0.2, 0.25) is 0 Å². The number of anilines is 1. The molecule has 0 saturated carbocycles. The van der Waals surface area contributed by atoms with Gasteiger partial charge in [-0.25, -0.2) is 9.97 Å². The fourth-order valence-corrected chi connectivity index (χ4v) is 3.14. The van der Waals surface area contributed by atoms with Crippen molar-refractivity contribution < 1.29 is 9.53 Å². The third-order valence-electron chi connectivity index (χ3n) is 4.69. The summed E-state index contributed by atoms with van der Waals surface area (Å²) in [5.74, 6) is 1.34. The molecule has 0 aliphatic rings. The summed E-state index contributed by atoms with van der Waals surface area (Å²) in [6.45, 7) is 2.09. The van der Waals surface area contributed by atoms with Crippen LogP contribution >= 0.6 is 0 Å². The first-order chi connectivity index (χ1) is 14.2. The van der Waals surface area contributed by atoms with Gasteiger partial charge in [-0.2, -0.15) is 0 Å². The standard InChI is InChI=1S/C24H27N3O2/c1-3-8-21-24(27-23(28)12-7-11-18-9-5-4-6-10-18)25-17-22(26-21)19-13-15-20(29-2)16-14-19/h4-6,9-10,13-17H,3,7-8,11-12H2,1-2H3,(H,25,27,28). The van der Waals surface area contributed by atoms with E-state index in [0.29, 0.717) is 12.2 Å². The molecule has 1 N–H and O–H groups in total. The summed E-state index contributed by atoms with van der Waals surface area (Å²) in [4.78, 5) is 21.6. The number of hydrogen-bond acceptors (Lipinski definition) is 4. The number of carbonyl (C=O) groups is 1. The topological polar surface area (TPSA) is 64.1 Å². The second-order valence-electron chi connectivity index (χ2n) is 6.92. The van der Waals surface area contributed by atoms with Gasteiger partial charge in [-0.15, -0.1) is 0 Å². The Balaban J connectivity index is 1.65. The van der Waals surface area contributed by atoms with Gasteiger partial charge in [0.15, 0.2) is 5.82 Å². The van der Waals surface area contributed by atoms with Gasteiger partial charge in [-0.05, 0) is 49.1 Å². The fourth-order valence-electron chi connectivity index (χ4n) is 3.14. The van der Waals surface area contributed by atoms with Crippen molar-refractivity contribution in [2.45, 2.75) is 39.0 Å². The Labute approximate surface area is 172 Å². The minimum Gasteiger partial charge on any atom is -0.497 e. The van der Waals surface area contributed by atoms with Crippen LogP contribution in [0, 0.1) is 0 Å². The van der Waals surface area contributed by atoms with Gasteiger partial charge in [0.1, 0.15) is 5.75 Å². The van der Waals surface area contributed by atoms with E-state index in [2.05, 4.69) is 29.4 Å². The molecule has 150 valence electrons. The fraction of sp³-hybridized carbons (Fsp3) is 0.292. The first kappa shape index (κ1) is 20.5. The number of nitrogens with one attached hydrogen (secondary N) is 1.